The summed E-state index contributed by atoms with van der Waals surface area (Å²) in [5.74, 6) is -0.576. The first kappa shape index (κ1) is 16.6. The molecule has 0 unspecified atom stereocenters. The Hall–Kier alpha value is -1.50. The number of halogens is 4. The minimum Gasteiger partial charge on any atom is -0.463 e. The second-order valence-corrected chi connectivity index (χ2v) is 4.72. The highest BCUT2D eigenvalue weighted by Crippen LogP contribution is 2.36. The topological polar surface area (TPSA) is 38.3 Å². The maximum atomic E-state index is 12.7. The Morgan fingerprint density at radius 3 is 2.65 bits per heavy atom. The Labute approximate surface area is 122 Å². The molecule has 1 rings (SSSR count). The van der Waals surface area contributed by atoms with Gasteiger partial charge in [0.25, 0.3) is 0 Å². The summed E-state index contributed by atoms with van der Waals surface area (Å²) in [7, 11) is 0. The van der Waals surface area contributed by atoms with E-state index in [9.17, 15) is 18.0 Å². The third-order valence-corrected chi connectivity index (χ3v) is 3.03. The molecule has 0 heterocycles. The summed E-state index contributed by atoms with van der Waals surface area (Å²) in [4.78, 5) is 11.3. The van der Waals surface area contributed by atoms with E-state index >= 15 is 0 Å². The Balaban J connectivity index is 2.75. The molecule has 1 aromatic rings. The van der Waals surface area contributed by atoms with E-state index in [4.69, 9.17) is 4.74 Å². The predicted octanol–water partition coefficient (Wildman–Crippen LogP) is 4.00. The second-order valence-electron chi connectivity index (χ2n) is 3.87. The van der Waals surface area contributed by atoms with Crippen LogP contribution in [0.25, 0.3) is 0 Å². The van der Waals surface area contributed by atoms with E-state index in [1.807, 2.05) is 0 Å². The van der Waals surface area contributed by atoms with Crippen molar-refractivity contribution in [2.75, 3.05) is 18.5 Å². The standard InChI is InChI=1S/C13H13BrF3NO2/c1-3-20-12(19)8(2)7-18-9-4-5-11(14)10(6-9)13(15,16)17/h4-6,18H,2-3,7H2,1H3. The number of benzene rings is 1. The van der Waals surface area contributed by atoms with E-state index in [1.54, 1.807) is 6.92 Å². The van der Waals surface area contributed by atoms with E-state index in [2.05, 4.69) is 27.8 Å². The summed E-state index contributed by atoms with van der Waals surface area (Å²) in [6.45, 7) is 5.39. The molecular weight excluding hydrogens is 339 g/mol. The molecule has 0 amide bonds. The Kier molecular flexibility index (Phi) is 5.62. The molecule has 0 bridgehead atoms. The van der Waals surface area contributed by atoms with Crippen LogP contribution in [0.4, 0.5) is 18.9 Å². The zero-order valence-electron chi connectivity index (χ0n) is 10.7. The summed E-state index contributed by atoms with van der Waals surface area (Å²) in [6.07, 6.45) is -4.45. The fourth-order valence-electron chi connectivity index (χ4n) is 1.37. The minimum absolute atomic E-state index is 0.0117. The van der Waals surface area contributed by atoms with Gasteiger partial charge in [0.2, 0.25) is 0 Å². The SMILES string of the molecule is C=C(CNc1ccc(Br)c(C(F)(F)F)c1)C(=O)OCC. The predicted molar refractivity (Wildman–Crippen MR) is 73.4 cm³/mol. The van der Waals surface area contributed by atoms with Crippen molar-refractivity contribution in [1.29, 1.82) is 0 Å². The maximum absolute atomic E-state index is 12.7. The van der Waals surface area contributed by atoms with Crippen LogP contribution < -0.4 is 5.32 Å². The van der Waals surface area contributed by atoms with E-state index in [-0.39, 0.29) is 28.9 Å². The molecule has 0 saturated heterocycles. The van der Waals surface area contributed by atoms with Crippen LogP contribution in [-0.4, -0.2) is 19.1 Å². The van der Waals surface area contributed by atoms with Crippen molar-refractivity contribution in [1.82, 2.24) is 0 Å². The van der Waals surface area contributed by atoms with Gasteiger partial charge in [-0.1, -0.05) is 22.5 Å². The largest absolute Gasteiger partial charge is 0.463 e. The maximum Gasteiger partial charge on any atom is 0.417 e. The van der Waals surface area contributed by atoms with Crippen molar-refractivity contribution >= 4 is 27.6 Å². The number of anilines is 1. The highest BCUT2D eigenvalue weighted by Gasteiger charge is 2.33. The van der Waals surface area contributed by atoms with Gasteiger partial charge in [-0.25, -0.2) is 4.79 Å². The third kappa shape index (κ3) is 4.56. The molecule has 20 heavy (non-hydrogen) atoms. The summed E-state index contributed by atoms with van der Waals surface area (Å²) in [6, 6.07) is 3.72. The van der Waals surface area contributed by atoms with Crippen LogP contribution in [0.2, 0.25) is 0 Å². The number of hydrogen-bond donors (Lipinski definition) is 1. The lowest BCUT2D eigenvalue weighted by atomic mass is 10.2. The smallest absolute Gasteiger partial charge is 0.417 e. The molecule has 0 aliphatic heterocycles. The lowest BCUT2D eigenvalue weighted by Gasteiger charge is -2.13. The number of carbonyl (C=O) groups is 1. The average Bonchev–Trinajstić information content (AvgIpc) is 2.36. The van der Waals surface area contributed by atoms with Gasteiger partial charge in [-0.05, 0) is 25.1 Å². The Morgan fingerprint density at radius 2 is 2.10 bits per heavy atom. The lowest BCUT2D eigenvalue weighted by molar-refractivity contribution is -0.139. The first-order valence-corrected chi connectivity index (χ1v) is 6.50. The molecule has 3 nitrogen and oxygen atoms in total. The zero-order chi connectivity index (χ0) is 15.3. The first-order chi connectivity index (χ1) is 9.25. The van der Waals surface area contributed by atoms with Crippen LogP contribution >= 0.6 is 15.9 Å². The lowest BCUT2D eigenvalue weighted by Crippen LogP contribution is -2.15. The van der Waals surface area contributed by atoms with Crippen molar-refractivity contribution in [3.63, 3.8) is 0 Å². The molecule has 110 valence electrons. The normalized spacial score (nSPS) is 11.1. The number of esters is 1. The molecule has 0 atom stereocenters. The fourth-order valence-corrected chi connectivity index (χ4v) is 1.84. The van der Waals surface area contributed by atoms with Gasteiger partial charge in [-0.2, -0.15) is 13.2 Å². The fraction of sp³-hybridized carbons (Fsp3) is 0.308. The van der Waals surface area contributed by atoms with Gasteiger partial charge in [-0.3, -0.25) is 0 Å². The van der Waals surface area contributed by atoms with E-state index in [0.717, 1.165) is 6.07 Å². The van der Waals surface area contributed by atoms with Gasteiger partial charge in [0.1, 0.15) is 0 Å². The van der Waals surface area contributed by atoms with E-state index < -0.39 is 17.7 Å². The van der Waals surface area contributed by atoms with Crippen LogP contribution in [0.15, 0.2) is 34.8 Å². The van der Waals surface area contributed by atoms with Crippen LogP contribution in [0.5, 0.6) is 0 Å². The average molecular weight is 352 g/mol. The molecule has 0 spiro atoms. The molecule has 7 heteroatoms. The number of carbonyl (C=O) groups excluding carboxylic acids is 1. The monoisotopic (exact) mass is 351 g/mol. The van der Waals surface area contributed by atoms with Gasteiger partial charge in [-0.15, -0.1) is 0 Å². The minimum atomic E-state index is -4.45. The van der Waals surface area contributed by atoms with Crippen molar-refractivity contribution in [3.05, 3.63) is 40.4 Å². The number of rotatable bonds is 5. The van der Waals surface area contributed by atoms with Crippen molar-refractivity contribution in [3.8, 4) is 0 Å². The Morgan fingerprint density at radius 1 is 1.45 bits per heavy atom. The molecule has 1 aromatic carbocycles. The number of hydrogen-bond acceptors (Lipinski definition) is 3. The summed E-state index contributed by atoms with van der Waals surface area (Å²) in [5.41, 5.74) is -0.404. The molecule has 0 radical (unpaired) electrons. The van der Waals surface area contributed by atoms with E-state index in [1.165, 1.54) is 12.1 Å². The van der Waals surface area contributed by atoms with Crippen LogP contribution in [-0.2, 0) is 15.7 Å². The second kappa shape index (κ2) is 6.78. The molecule has 0 aliphatic rings. The quantitative estimate of drug-likeness (QED) is 0.643. The zero-order valence-corrected chi connectivity index (χ0v) is 12.3. The van der Waals surface area contributed by atoms with Gasteiger partial charge >= 0.3 is 12.1 Å². The molecule has 0 aliphatic carbocycles. The Bertz CT molecular complexity index is 515. The molecular formula is C13H13BrF3NO2. The van der Waals surface area contributed by atoms with Crippen LogP contribution in [0, 0.1) is 0 Å². The van der Waals surface area contributed by atoms with Crippen molar-refractivity contribution in [2.45, 2.75) is 13.1 Å². The molecule has 0 fully saturated rings. The van der Waals surface area contributed by atoms with Crippen molar-refractivity contribution in [2.24, 2.45) is 0 Å². The van der Waals surface area contributed by atoms with Gasteiger partial charge < -0.3 is 10.1 Å². The number of alkyl halides is 3. The third-order valence-electron chi connectivity index (χ3n) is 2.34. The summed E-state index contributed by atoms with van der Waals surface area (Å²) >= 11 is 2.85. The number of ether oxygens (including phenoxy) is 1. The summed E-state index contributed by atoms with van der Waals surface area (Å²) in [5, 5.41) is 2.70. The van der Waals surface area contributed by atoms with Gasteiger partial charge in [0, 0.05) is 22.3 Å². The van der Waals surface area contributed by atoms with Crippen LogP contribution in [0.3, 0.4) is 0 Å². The van der Waals surface area contributed by atoms with Crippen molar-refractivity contribution < 1.29 is 22.7 Å². The van der Waals surface area contributed by atoms with Crippen LogP contribution in [0.1, 0.15) is 12.5 Å². The highest BCUT2D eigenvalue weighted by atomic mass is 79.9. The summed E-state index contributed by atoms with van der Waals surface area (Å²) < 4.78 is 42.8. The molecule has 1 N–H and O–H groups in total. The van der Waals surface area contributed by atoms with Gasteiger partial charge in [0.05, 0.1) is 12.2 Å². The highest BCUT2D eigenvalue weighted by molar-refractivity contribution is 9.10. The number of nitrogens with one attached hydrogen (secondary N) is 1. The first-order valence-electron chi connectivity index (χ1n) is 5.71. The van der Waals surface area contributed by atoms with Gasteiger partial charge in [0.15, 0.2) is 0 Å². The van der Waals surface area contributed by atoms with E-state index in [0.29, 0.717) is 0 Å². The molecule has 0 aromatic heterocycles. The molecule has 0 saturated carbocycles.